The number of nitrogens with one attached hydrogen (secondary N) is 1. The summed E-state index contributed by atoms with van der Waals surface area (Å²) >= 11 is 0. The van der Waals surface area contributed by atoms with Crippen LogP contribution in [0.25, 0.3) is 0 Å². The molecule has 7 heteroatoms. The second-order valence-corrected chi connectivity index (χ2v) is 10.1. The molecule has 1 heterocycles. The van der Waals surface area contributed by atoms with Gasteiger partial charge in [-0.2, -0.15) is 4.31 Å². The van der Waals surface area contributed by atoms with Gasteiger partial charge in [0, 0.05) is 44.8 Å². The fraction of sp³-hybridized carbons (Fsp3) is 0.435. The third-order valence-electron chi connectivity index (χ3n) is 5.95. The molecule has 1 amide bonds. The number of carbonyl (C=O) groups is 1. The average Bonchev–Trinajstić information content (AvgIpc) is 3.21. The summed E-state index contributed by atoms with van der Waals surface area (Å²) < 4.78 is 26.9. The zero-order chi connectivity index (χ0) is 21.0. The number of aryl methyl sites for hydroxylation is 2. The number of hydrogen-bond donors (Lipinski definition) is 1. The van der Waals surface area contributed by atoms with Gasteiger partial charge in [0.15, 0.2) is 0 Å². The van der Waals surface area contributed by atoms with Gasteiger partial charge in [0.05, 0.1) is 5.75 Å². The Morgan fingerprint density at radius 3 is 2.43 bits per heavy atom. The van der Waals surface area contributed by atoms with Crippen molar-refractivity contribution in [3.05, 3.63) is 65.2 Å². The number of hydrogen-bond acceptors (Lipinski definition) is 4. The lowest BCUT2D eigenvalue weighted by Gasteiger charge is -2.33. The molecule has 2 aliphatic rings. The van der Waals surface area contributed by atoms with Crippen molar-refractivity contribution in [2.75, 3.05) is 38.0 Å². The van der Waals surface area contributed by atoms with Crippen molar-refractivity contribution in [1.82, 2.24) is 9.21 Å². The van der Waals surface area contributed by atoms with Crippen LogP contribution in [0.2, 0.25) is 0 Å². The Bertz CT molecular complexity index is 984. The maximum atomic E-state index is 12.7. The molecule has 0 aromatic heterocycles. The highest BCUT2D eigenvalue weighted by atomic mass is 32.2. The number of benzene rings is 2. The second-order valence-electron chi connectivity index (χ2n) is 8.12. The van der Waals surface area contributed by atoms with Crippen LogP contribution in [0, 0.1) is 0 Å². The van der Waals surface area contributed by atoms with Gasteiger partial charge in [-0.3, -0.25) is 4.79 Å². The summed E-state index contributed by atoms with van der Waals surface area (Å²) in [7, 11) is -3.31. The van der Waals surface area contributed by atoms with Crippen LogP contribution in [0.4, 0.5) is 5.69 Å². The minimum Gasteiger partial charge on any atom is -0.326 e. The van der Waals surface area contributed by atoms with Crippen molar-refractivity contribution >= 4 is 21.6 Å². The molecule has 2 aromatic rings. The highest BCUT2D eigenvalue weighted by Gasteiger charge is 2.27. The van der Waals surface area contributed by atoms with Crippen LogP contribution in [-0.2, 0) is 33.4 Å². The van der Waals surface area contributed by atoms with Crippen LogP contribution in [-0.4, -0.2) is 56.3 Å². The molecule has 0 radical (unpaired) electrons. The summed E-state index contributed by atoms with van der Waals surface area (Å²) in [5.41, 5.74) is 4.43. The van der Waals surface area contributed by atoms with Crippen LogP contribution < -0.4 is 5.32 Å². The maximum Gasteiger partial charge on any atom is 0.225 e. The molecular weight excluding hydrogens is 398 g/mol. The van der Waals surface area contributed by atoms with Crippen molar-refractivity contribution in [3.8, 4) is 0 Å². The van der Waals surface area contributed by atoms with E-state index in [1.807, 2.05) is 36.4 Å². The van der Waals surface area contributed by atoms with Crippen LogP contribution in [0.5, 0.6) is 0 Å². The number of anilines is 1. The van der Waals surface area contributed by atoms with Gasteiger partial charge in [-0.15, -0.1) is 0 Å². The lowest BCUT2D eigenvalue weighted by atomic mass is 10.1. The van der Waals surface area contributed by atoms with E-state index < -0.39 is 10.0 Å². The number of rotatable bonds is 7. The van der Waals surface area contributed by atoms with Crippen molar-refractivity contribution in [2.24, 2.45) is 0 Å². The van der Waals surface area contributed by atoms with Gasteiger partial charge in [-0.25, -0.2) is 8.42 Å². The Kier molecular flexibility index (Phi) is 6.51. The molecule has 1 fully saturated rings. The lowest BCUT2D eigenvalue weighted by molar-refractivity contribution is -0.116. The molecule has 2 aromatic carbocycles. The maximum absolute atomic E-state index is 12.7. The summed E-state index contributed by atoms with van der Waals surface area (Å²) in [6, 6.07) is 15.5. The standard InChI is InChI=1S/C23H29N3O3S/c27-23(24-22-10-9-20-7-4-8-21(20)17-22)11-12-25-13-15-26(16-14-25)30(28,29)18-19-5-2-1-3-6-19/h1-3,5-6,9-10,17H,4,7-8,11-16,18H2,(H,24,27). The van der Waals surface area contributed by atoms with Crippen LogP contribution >= 0.6 is 0 Å². The summed E-state index contributed by atoms with van der Waals surface area (Å²) in [5.74, 6) is 0.0453. The van der Waals surface area contributed by atoms with Gasteiger partial charge in [-0.05, 0) is 48.1 Å². The first kappa shape index (κ1) is 21.0. The Labute approximate surface area is 178 Å². The molecule has 0 unspecified atom stereocenters. The van der Waals surface area contributed by atoms with Crippen LogP contribution in [0.3, 0.4) is 0 Å². The fourth-order valence-corrected chi connectivity index (χ4v) is 5.76. The highest BCUT2D eigenvalue weighted by Crippen LogP contribution is 2.25. The SMILES string of the molecule is O=C(CCN1CCN(S(=O)(=O)Cc2ccccc2)CC1)Nc1ccc2c(c1)CCC2. The summed E-state index contributed by atoms with van der Waals surface area (Å²) in [4.78, 5) is 14.5. The summed E-state index contributed by atoms with van der Waals surface area (Å²) in [6.45, 7) is 2.90. The van der Waals surface area contributed by atoms with E-state index in [9.17, 15) is 13.2 Å². The number of fused-ring (bicyclic) bond motifs is 1. The van der Waals surface area contributed by atoms with Crippen molar-refractivity contribution in [2.45, 2.75) is 31.4 Å². The first-order chi connectivity index (χ1) is 14.5. The number of piperazine rings is 1. The van der Waals surface area contributed by atoms with E-state index in [1.54, 1.807) is 4.31 Å². The second kappa shape index (κ2) is 9.29. The molecule has 1 aliphatic carbocycles. The van der Waals surface area contributed by atoms with Crippen LogP contribution in [0.1, 0.15) is 29.5 Å². The number of sulfonamides is 1. The summed E-state index contributed by atoms with van der Waals surface area (Å²) in [6.07, 6.45) is 3.83. The molecule has 6 nitrogen and oxygen atoms in total. The monoisotopic (exact) mass is 427 g/mol. The first-order valence-corrected chi connectivity index (χ1v) is 12.3. The predicted octanol–water partition coefficient (Wildman–Crippen LogP) is 2.65. The molecule has 160 valence electrons. The topological polar surface area (TPSA) is 69.7 Å². The molecule has 4 rings (SSSR count). The van der Waals surface area contributed by atoms with Gasteiger partial charge < -0.3 is 10.2 Å². The normalized spacial score (nSPS) is 17.6. The Balaban J connectivity index is 1.21. The molecule has 30 heavy (non-hydrogen) atoms. The van der Waals surface area contributed by atoms with Gasteiger partial charge in [0.25, 0.3) is 0 Å². The molecule has 1 N–H and O–H groups in total. The number of amides is 1. The smallest absolute Gasteiger partial charge is 0.225 e. The number of carbonyl (C=O) groups excluding carboxylic acids is 1. The Morgan fingerprint density at radius 2 is 1.67 bits per heavy atom. The van der Waals surface area contributed by atoms with E-state index >= 15 is 0 Å². The highest BCUT2D eigenvalue weighted by molar-refractivity contribution is 7.88. The minimum absolute atomic E-state index is 0.00655. The average molecular weight is 428 g/mol. The first-order valence-electron chi connectivity index (χ1n) is 10.7. The zero-order valence-corrected chi connectivity index (χ0v) is 18.0. The molecule has 0 bridgehead atoms. The van der Waals surface area contributed by atoms with Gasteiger partial charge in [0.2, 0.25) is 15.9 Å². The quantitative estimate of drug-likeness (QED) is 0.738. The molecule has 0 saturated carbocycles. The van der Waals surface area contributed by atoms with Gasteiger partial charge in [0.1, 0.15) is 0 Å². The molecule has 0 spiro atoms. The molecule has 0 atom stereocenters. The van der Waals surface area contributed by atoms with Crippen molar-refractivity contribution in [1.29, 1.82) is 0 Å². The van der Waals surface area contributed by atoms with E-state index in [0.29, 0.717) is 39.1 Å². The van der Waals surface area contributed by atoms with E-state index in [0.717, 1.165) is 24.1 Å². The van der Waals surface area contributed by atoms with Gasteiger partial charge in [-0.1, -0.05) is 36.4 Å². The van der Waals surface area contributed by atoms with Crippen molar-refractivity contribution in [3.63, 3.8) is 0 Å². The van der Waals surface area contributed by atoms with Crippen LogP contribution in [0.15, 0.2) is 48.5 Å². The molecule has 1 aliphatic heterocycles. The summed E-state index contributed by atoms with van der Waals surface area (Å²) in [5, 5.41) is 3.00. The Morgan fingerprint density at radius 1 is 0.933 bits per heavy atom. The lowest BCUT2D eigenvalue weighted by Crippen LogP contribution is -2.49. The molecular formula is C23H29N3O3S. The van der Waals surface area contributed by atoms with E-state index in [4.69, 9.17) is 0 Å². The van der Waals surface area contributed by atoms with Gasteiger partial charge >= 0.3 is 0 Å². The third kappa shape index (κ3) is 5.28. The zero-order valence-electron chi connectivity index (χ0n) is 17.2. The van der Waals surface area contributed by atoms with E-state index in [1.165, 1.54) is 17.5 Å². The minimum atomic E-state index is -3.31. The third-order valence-corrected chi connectivity index (χ3v) is 7.80. The van der Waals surface area contributed by atoms with E-state index in [2.05, 4.69) is 22.3 Å². The number of nitrogens with zero attached hydrogens (tertiary/aromatic N) is 2. The predicted molar refractivity (Wildman–Crippen MR) is 119 cm³/mol. The Hall–Kier alpha value is -2.22. The fourth-order valence-electron chi connectivity index (χ4n) is 4.24. The molecule has 1 saturated heterocycles. The van der Waals surface area contributed by atoms with E-state index in [-0.39, 0.29) is 11.7 Å². The van der Waals surface area contributed by atoms with Crippen molar-refractivity contribution < 1.29 is 13.2 Å². The largest absolute Gasteiger partial charge is 0.326 e.